The van der Waals surface area contributed by atoms with Gasteiger partial charge in [0.25, 0.3) is 15.9 Å². The molecule has 0 radical (unpaired) electrons. The predicted molar refractivity (Wildman–Crippen MR) is 133 cm³/mol. The second kappa shape index (κ2) is 10.8. The second-order valence-electron chi connectivity index (χ2n) is 6.91. The number of amides is 1. The third kappa shape index (κ3) is 6.34. The third-order valence-corrected chi connectivity index (χ3v) is 7.19. The van der Waals surface area contributed by atoms with Crippen molar-refractivity contribution in [2.24, 2.45) is 5.10 Å². The Balaban J connectivity index is 1.87. The summed E-state index contributed by atoms with van der Waals surface area (Å²) in [5, 5.41) is 4.44. The zero-order valence-corrected chi connectivity index (χ0v) is 21.0. The van der Waals surface area contributed by atoms with Gasteiger partial charge in [-0.1, -0.05) is 45.7 Å². The van der Waals surface area contributed by atoms with Crippen LogP contribution in [0.25, 0.3) is 0 Å². The highest BCUT2D eigenvalue weighted by Crippen LogP contribution is 2.27. The predicted octanol–water partition coefficient (Wildman–Crippen LogP) is 4.85. The maximum Gasteiger partial charge on any atom is 0.264 e. The van der Waals surface area contributed by atoms with Crippen molar-refractivity contribution in [3.63, 3.8) is 0 Å². The fraction of sp³-hybridized carbons (Fsp3) is 0.130. The fourth-order valence-electron chi connectivity index (χ4n) is 2.89. The zero-order chi connectivity index (χ0) is 24.0. The number of methoxy groups -OCH3 is 1. The minimum atomic E-state index is -4.08. The van der Waals surface area contributed by atoms with Crippen LogP contribution >= 0.6 is 27.5 Å². The molecule has 0 aromatic heterocycles. The van der Waals surface area contributed by atoms with Crippen LogP contribution in [-0.4, -0.2) is 33.7 Å². The molecule has 0 heterocycles. The van der Waals surface area contributed by atoms with E-state index >= 15 is 0 Å². The monoisotopic (exact) mass is 549 g/mol. The van der Waals surface area contributed by atoms with Gasteiger partial charge in [-0.05, 0) is 67.1 Å². The van der Waals surface area contributed by atoms with Crippen LogP contribution in [0.4, 0.5) is 5.69 Å². The molecule has 0 spiro atoms. The Kier molecular flexibility index (Phi) is 8.12. The Hall–Kier alpha value is -2.88. The molecule has 0 aliphatic carbocycles. The summed E-state index contributed by atoms with van der Waals surface area (Å²) in [6.45, 7) is 1.25. The van der Waals surface area contributed by atoms with Gasteiger partial charge in [0.2, 0.25) is 0 Å². The number of rotatable bonds is 8. The molecule has 33 heavy (non-hydrogen) atoms. The largest absolute Gasteiger partial charge is 0.497 e. The summed E-state index contributed by atoms with van der Waals surface area (Å²) in [7, 11) is -2.59. The first-order chi connectivity index (χ1) is 15.7. The zero-order valence-electron chi connectivity index (χ0n) is 17.8. The smallest absolute Gasteiger partial charge is 0.264 e. The number of nitrogens with zero attached hydrogens (tertiary/aromatic N) is 2. The minimum absolute atomic E-state index is 0.00520. The highest BCUT2D eigenvalue weighted by atomic mass is 79.9. The van der Waals surface area contributed by atoms with Gasteiger partial charge in [-0.2, -0.15) is 5.10 Å². The number of sulfonamides is 1. The normalized spacial score (nSPS) is 11.7. The summed E-state index contributed by atoms with van der Waals surface area (Å²) in [6, 6.07) is 19.6. The first kappa shape index (κ1) is 24.8. The lowest BCUT2D eigenvalue weighted by Gasteiger charge is -2.24. The van der Waals surface area contributed by atoms with Crippen LogP contribution < -0.4 is 14.5 Å². The molecule has 0 saturated heterocycles. The fourth-order valence-corrected chi connectivity index (χ4v) is 4.75. The molecular formula is C23H21BrClN3O4S. The van der Waals surface area contributed by atoms with Gasteiger partial charge in [0.05, 0.1) is 23.4 Å². The van der Waals surface area contributed by atoms with Crippen LogP contribution in [0.15, 0.2) is 87.3 Å². The molecule has 0 aliphatic rings. The van der Waals surface area contributed by atoms with Crippen LogP contribution in [-0.2, 0) is 14.8 Å². The van der Waals surface area contributed by atoms with E-state index in [0.717, 1.165) is 14.3 Å². The van der Waals surface area contributed by atoms with Gasteiger partial charge >= 0.3 is 0 Å². The molecule has 172 valence electrons. The summed E-state index contributed by atoms with van der Waals surface area (Å²) in [6.07, 6.45) is 0. The van der Waals surface area contributed by atoms with E-state index in [-0.39, 0.29) is 10.6 Å². The summed E-state index contributed by atoms with van der Waals surface area (Å²) in [5.41, 5.74) is 4.07. The molecule has 10 heteroatoms. The van der Waals surface area contributed by atoms with Crippen molar-refractivity contribution in [1.29, 1.82) is 0 Å². The molecule has 1 N–H and O–H groups in total. The minimum Gasteiger partial charge on any atom is -0.497 e. The summed E-state index contributed by atoms with van der Waals surface area (Å²) in [4.78, 5) is 12.7. The average molecular weight is 551 g/mol. The number of benzene rings is 3. The van der Waals surface area contributed by atoms with Gasteiger partial charge < -0.3 is 4.74 Å². The van der Waals surface area contributed by atoms with Crippen molar-refractivity contribution in [3.05, 3.63) is 87.9 Å². The lowest BCUT2D eigenvalue weighted by molar-refractivity contribution is -0.119. The molecule has 7 nitrogen and oxygen atoms in total. The second-order valence-corrected chi connectivity index (χ2v) is 10.1. The maximum absolute atomic E-state index is 13.4. The van der Waals surface area contributed by atoms with Crippen LogP contribution in [0.3, 0.4) is 0 Å². The summed E-state index contributed by atoms with van der Waals surface area (Å²) < 4.78 is 33.8. The summed E-state index contributed by atoms with van der Waals surface area (Å²) >= 11 is 9.45. The number of hydrogen-bond donors (Lipinski definition) is 1. The quantitative estimate of drug-likeness (QED) is 0.321. The topological polar surface area (TPSA) is 88.1 Å². The lowest BCUT2D eigenvalue weighted by atomic mass is 10.1. The SMILES string of the molecule is COc1ccc(S(=O)(=O)N(CC(=O)N/N=C(/C)c2ccc(Br)cc2)c2cccc(Cl)c2)cc1. The molecule has 0 unspecified atom stereocenters. The van der Waals surface area contributed by atoms with Crippen molar-refractivity contribution in [3.8, 4) is 5.75 Å². The highest BCUT2D eigenvalue weighted by molar-refractivity contribution is 9.10. The van der Waals surface area contributed by atoms with E-state index in [1.807, 2.05) is 24.3 Å². The van der Waals surface area contributed by atoms with Crippen LogP contribution in [0.1, 0.15) is 12.5 Å². The van der Waals surface area contributed by atoms with Gasteiger partial charge in [0, 0.05) is 9.50 Å². The number of carbonyl (C=O) groups is 1. The molecule has 0 aliphatic heterocycles. The lowest BCUT2D eigenvalue weighted by Crippen LogP contribution is -2.39. The number of anilines is 1. The van der Waals surface area contributed by atoms with E-state index in [4.69, 9.17) is 16.3 Å². The van der Waals surface area contributed by atoms with Gasteiger partial charge in [-0.15, -0.1) is 0 Å². The van der Waals surface area contributed by atoms with Gasteiger partial charge in [0.1, 0.15) is 12.3 Å². The van der Waals surface area contributed by atoms with E-state index in [9.17, 15) is 13.2 Å². The van der Waals surface area contributed by atoms with Crippen molar-refractivity contribution >= 4 is 54.9 Å². The molecule has 0 saturated carbocycles. The number of halogens is 2. The number of nitrogens with one attached hydrogen (secondary N) is 1. The Morgan fingerprint density at radius 1 is 1.09 bits per heavy atom. The van der Waals surface area contributed by atoms with Crippen LogP contribution in [0.2, 0.25) is 5.02 Å². The van der Waals surface area contributed by atoms with Crippen molar-refractivity contribution < 1.29 is 17.9 Å². The van der Waals surface area contributed by atoms with Crippen LogP contribution in [0.5, 0.6) is 5.75 Å². The molecule has 0 bridgehead atoms. The maximum atomic E-state index is 13.4. The standard InChI is InChI=1S/C23H21BrClN3O4S/c1-16(17-6-8-18(24)9-7-17)26-27-23(29)15-28(20-5-3-4-19(25)14-20)33(30,31)22-12-10-21(32-2)11-13-22/h3-14H,15H2,1-2H3,(H,27,29)/b26-16-. The number of carbonyl (C=O) groups excluding carboxylic acids is 1. The Morgan fingerprint density at radius 3 is 2.36 bits per heavy atom. The van der Waals surface area contributed by atoms with Gasteiger partial charge in [-0.3, -0.25) is 9.10 Å². The highest BCUT2D eigenvalue weighted by Gasteiger charge is 2.27. The van der Waals surface area contributed by atoms with E-state index < -0.39 is 22.5 Å². The first-order valence-corrected chi connectivity index (χ1v) is 12.3. The first-order valence-electron chi connectivity index (χ1n) is 9.72. The van der Waals surface area contributed by atoms with Crippen molar-refractivity contribution in [1.82, 2.24) is 5.43 Å². The Labute approximate surface area is 206 Å². The number of hydrogen-bond acceptors (Lipinski definition) is 5. The van der Waals surface area contributed by atoms with E-state index in [2.05, 4.69) is 26.5 Å². The molecule has 3 rings (SSSR count). The third-order valence-electron chi connectivity index (χ3n) is 4.64. The van der Waals surface area contributed by atoms with Crippen molar-refractivity contribution in [2.45, 2.75) is 11.8 Å². The van der Waals surface area contributed by atoms with Crippen molar-refractivity contribution in [2.75, 3.05) is 18.0 Å². The van der Waals surface area contributed by atoms with Gasteiger partial charge in [0.15, 0.2) is 0 Å². The van der Waals surface area contributed by atoms with E-state index in [0.29, 0.717) is 16.5 Å². The molecule has 0 atom stereocenters. The van der Waals surface area contributed by atoms with E-state index in [1.165, 1.54) is 37.4 Å². The molecule has 0 fully saturated rings. The van der Waals surface area contributed by atoms with Crippen LogP contribution in [0, 0.1) is 0 Å². The average Bonchev–Trinajstić information content (AvgIpc) is 2.81. The number of ether oxygens (including phenoxy) is 1. The molecule has 1 amide bonds. The Bertz CT molecular complexity index is 1260. The Morgan fingerprint density at radius 2 is 1.76 bits per heavy atom. The molecular weight excluding hydrogens is 530 g/mol. The summed E-state index contributed by atoms with van der Waals surface area (Å²) in [5.74, 6) is -0.0951. The molecule has 3 aromatic carbocycles. The van der Waals surface area contributed by atoms with Gasteiger partial charge in [-0.25, -0.2) is 13.8 Å². The molecule has 3 aromatic rings. The van der Waals surface area contributed by atoms with E-state index in [1.54, 1.807) is 25.1 Å². The number of hydrazone groups is 1.